The van der Waals surface area contributed by atoms with E-state index in [2.05, 4.69) is 5.32 Å². The maximum Gasteiger partial charge on any atom is 0.226 e. The van der Waals surface area contributed by atoms with E-state index in [4.69, 9.17) is 23.2 Å². The Morgan fingerprint density at radius 1 is 1.08 bits per heavy atom. The molecule has 0 aromatic heterocycles. The van der Waals surface area contributed by atoms with Crippen LogP contribution in [0.2, 0.25) is 10.0 Å². The van der Waals surface area contributed by atoms with Gasteiger partial charge in [-0.2, -0.15) is 0 Å². The van der Waals surface area contributed by atoms with E-state index >= 15 is 0 Å². The average Bonchev–Trinajstić information content (AvgIpc) is 2.56. The molecule has 0 bridgehead atoms. The van der Waals surface area contributed by atoms with Crippen LogP contribution in [0.15, 0.2) is 42.5 Å². The molecule has 4 nitrogen and oxygen atoms in total. The molecule has 2 amide bonds. The molecule has 0 saturated carbocycles. The maximum absolute atomic E-state index is 12.1. The Labute approximate surface area is 164 Å². The molecular formula is C20H22Cl2N2O2. The summed E-state index contributed by atoms with van der Waals surface area (Å²) in [6.45, 7) is 4.32. The van der Waals surface area contributed by atoms with Crippen molar-refractivity contribution in [1.82, 2.24) is 4.90 Å². The highest BCUT2D eigenvalue weighted by molar-refractivity contribution is 6.35. The molecule has 0 unspecified atom stereocenters. The lowest BCUT2D eigenvalue weighted by Crippen LogP contribution is -2.33. The van der Waals surface area contributed by atoms with E-state index in [-0.39, 0.29) is 18.2 Å². The number of carbonyl (C=O) groups is 2. The summed E-state index contributed by atoms with van der Waals surface area (Å²) in [5.74, 6) is -0.190. The third-order valence-corrected chi connectivity index (χ3v) is 4.61. The molecule has 0 saturated heterocycles. The summed E-state index contributed by atoms with van der Waals surface area (Å²) in [7, 11) is 0. The van der Waals surface area contributed by atoms with Gasteiger partial charge in [-0.3, -0.25) is 9.59 Å². The highest BCUT2D eigenvalue weighted by atomic mass is 35.5. The van der Waals surface area contributed by atoms with Gasteiger partial charge in [-0.05, 0) is 48.7 Å². The van der Waals surface area contributed by atoms with Gasteiger partial charge >= 0.3 is 0 Å². The summed E-state index contributed by atoms with van der Waals surface area (Å²) in [4.78, 5) is 25.6. The lowest BCUT2D eigenvalue weighted by Gasteiger charge is -2.21. The summed E-state index contributed by atoms with van der Waals surface area (Å²) in [5, 5.41) is 4.01. The van der Waals surface area contributed by atoms with Crippen LogP contribution in [0.5, 0.6) is 0 Å². The first-order valence-electron chi connectivity index (χ1n) is 8.41. The molecular weight excluding hydrogens is 371 g/mol. The molecule has 0 radical (unpaired) electrons. The van der Waals surface area contributed by atoms with Gasteiger partial charge in [0.05, 0.1) is 0 Å². The molecule has 1 N–H and O–H groups in total. The minimum absolute atomic E-state index is 0.0709. The highest BCUT2D eigenvalue weighted by Gasteiger charge is 2.12. The summed E-state index contributed by atoms with van der Waals surface area (Å²) in [5.41, 5.74) is 2.76. The number of amides is 2. The van der Waals surface area contributed by atoms with Gasteiger partial charge in [0.15, 0.2) is 0 Å². The number of anilines is 1. The molecule has 2 aromatic carbocycles. The molecule has 2 aromatic rings. The van der Waals surface area contributed by atoms with Crippen molar-refractivity contribution in [2.75, 3.05) is 18.4 Å². The van der Waals surface area contributed by atoms with Crippen LogP contribution in [0, 0.1) is 6.92 Å². The second-order valence-corrected chi connectivity index (χ2v) is 7.00. The molecule has 0 aliphatic carbocycles. The van der Waals surface area contributed by atoms with Crippen molar-refractivity contribution < 1.29 is 9.59 Å². The first kappa shape index (κ1) is 20.3. The molecule has 0 aliphatic rings. The zero-order valence-electron chi connectivity index (χ0n) is 14.9. The fraction of sp³-hybridized carbons (Fsp3) is 0.300. The van der Waals surface area contributed by atoms with E-state index in [0.717, 1.165) is 16.8 Å². The van der Waals surface area contributed by atoms with Crippen LogP contribution in [0.1, 0.15) is 24.5 Å². The van der Waals surface area contributed by atoms with E-state index < -0.39 is 0 Å². The van der Waals surface area contributed by atoms with Crippen molar-refractivity contribution in [2.45, 2.75) is 26.7 Å². The van der Waals surface area contributed by atoms with Gasteiger partial charge in [0.2, 0.25) is 11.8 Å². The number of benzene rings is 2. The number of halogens is 2. The minimum Gasteiger partial charge on any atom is -0.342 e. The summed E-state index contributed by atoms with van der Waals surface area (Å²) >= 11 is 12.1. The lowest BCUT2D eigenvalue weighted by molar-refractivity contribution is -0.129. The molecule has 0 fully saturated rings. The van der Waals surface area contributed by atoms with Crippen molar-refractivity contribution in [3.63, 3.8) is 0 Å². The van der Waals surface area contributed by atoms with Crippen LogP contribution in [-0.2, 0) is 16.0 Å². The third-order valence-electron chi connectivity index (χ3n) is 4.02. The Morgan fingerprint density at radius 2 is 1.85 bits per heavy atom. The van der Waals surface area contributed by atoms with Crippen LogP contribution in [0.4, 0.5) is 5.69 Å². The molecule has 138 valence electrons. The fourth-order valence-electron chi connectivity index (χ4n) is 2.59. The quantitative estimate of drug-likeness (QED) is 0.740. The first-order chi connectivity index (χ1) is 12.3. The largest absolute Gasteiger partial charge is 0.342 e. The van der Waals surface area contributed by atoms with Crippen LogP contribution in [0.3, 0.4) is 0 Å². The Balaban J connectivity index is 1.87. The zero-order valence-corrected chi connectivity index (χ0v) is 16.4. The normalized spacial score (nSPS) is 10.5. The van der Waals surface area contributed by atoms with Gasteiger partial charge in [-0.15, -0.1) is 0 Å². The Bertz CT molecular complexity index is 793. The topological polar surface area (TPSA) is 49.4 Å². The molecule has 26 heavy (non-hydrogen) atoms. The van der Waals surface area contributed by atoms with Crippen LogP contribution in [0.25, 0.3) is 0 Å². The fourth-order valence-corrected chi connectivity index (χ4v) is 3.09. The van der Waals surface area contributed by atoms with Crippen molar-refractivity contribution in [2.24, 2.45) is 0 Å². The molecule has 0 heterocycles. The number of hydrogen-bond donors (Lipinski definition) is 1. The molecule has 0 atom stereocenters. The monoisotopic (exact) mass is 392 g/mol. The number of carbonyl (C=O) groups excluding carboxylic acids is 2. The smallest absolute Gasteiger partial charge is 0.226 e. The number of nitrogens with one attached hydrogen (secondary N) is 1. The highest BCUT2D eigenvalue weighted by Crippen LogP contribution is 2.21. The van der Waals surface area contributed by atoms with E-state index in [9.17, 15) is 9.59 Å². The maximum atomic E-state index is 12.1. The number of rotatable bonds is 7. The second-order valence-electron chi connectivity index (χ2n) is 6.16. The predicted octanol–water partition coefficient (Wildman–Crippen LogP) is 4.72. The Morgan fingerprint density at radius 3 is 2.50 bits per heavy atom. The van der Waals surface area contributed by atoms with E-state index in [1.807, 2.05) is 37.3 Å². The van der Waals surface area contributed by atoms with E-state index in [0.29, 0.717) is 29.6 Å². The van der Waals surface area contributed by atoms with Crippen LogP contribution in [-0.4, -0.2) is 29.8 Å². The number of aryl methyl sites for hydroxylation is 1. The van der Waals surface area contributed by atoms with Gasteiger partial charge in [-0.1, -0.05) is 41.4 Å². The van der Waals surface area contributed by atoms with Crippen molar-refractivity contribution in [1.29, 1.82) is 0 Å². The molecule has 0 aliphatic heterocycles. The summed E-state index contributed by atoms with van der Waals surface area (Å²) in [6, 6.07) is 12.9. The van der Waals surface area contributed by atoms with E-state index in [1.54, 1.807) is 17.0 Å². The van der Waals surface area contributed by atoms with Crippen LogP contribution < -0.4 is 5.32 Å². The average molecular weight is 393 g/mol. The molecule has 6 heteroatoms. The minimum atomic E-state index is -0.119. The first-order valence-corrected chi connectivity index (χ1v) is 9.16. The predicted molar refractivity (Wildman–Crippen MR) is 107 cm³/mol. The second kappa shape index (κ2) is 9.60. The van der Waals surface area contributed by atoms with Gasteiger partial charge in [-0.25, -0.2) is 0 Å². The Hall–Kier alpha value is -2.04. The zero-order chi connectivity index (χ0) is 19.1. The van der Waals surface area contributed by atoms with Crippen molar-refractivity contribution in [3.8, 4) is 0 Å². The van der Waals surface area contributed by atoms with Gasteiger partial charge < -0.3 is 10.2 Å². The summed E-state index contributed by atoms with van der Waals surface area (Å²) < 4.78 is 0. The van der Waals surface area contributed by atoms with Gasteiger partial charge in [0.1, 0.15) is 0 Å². The van der Waals surface area contributed by atoms with Crippen LogP contribution >= 0.6 is 23.2 Å². The van der Waals surface area contributed by atoms with Crippen molar-refractivity contribution in [3.05, 3.63) is 63.6 Å². The third kappa shape index (κ3) is 6.36. The van der Waals surface area contributed by atoms with Crippen molar-refractivity contribution >= 4 is 40.7 Å². The van der Waals surface area contributed by atoms with Gasteiger partial charge in [0, 0.05) is 42.2 Å². The van der Waals surface area contributed by atoms with Gasteiger partial charge in [0.25, 0.3) is 0 Å². The SMILES string of the molecule is CC(=O)N(CCC(=O)Nc1cccc(C)c1)CCc1ccc(Cl)cc1Cl. The van der Waals surface area contributed by atoms with E-state index in [1.165, 1.54) is 6.92 Å². The standard InChI is InChI=1S/C20H22Cl2N2O2/c1-14-4-3-5-18(12-14)23-20(26)9-11-24(15(2)25)10-8-16-6-7-17(21)13-19(16)22/h3-7,12-13H,8-11H2,1-2H3,(H,23,26). The Kier molecular flexibility index (Phi) is 7.49. The summed E-state index contributed by atoms with van der Waals surface area (Å²) in [6.07, 6.45) is 0.844. The number of nitrogens with zero attached hydrogens (tertiary/aromatic N) is 1. The molecule has 0 spiro atoms. The molecule has 2 rings (SSSR count). The number of hydrogen-bond acceptors (Lipinski definition) is 2. The lowest BCUT2D eigenvalue weighted by atomic mass is 10.1.